The van der Waals surface area contributed by atoms with Crippen LogP contribution < -0.4 is 0 Å². The van der Waals surface area contributed by atoms with Crippen molar-refractivity contribution in [2.24, 2.45) is 5.92 Å². The lowest BCUT2D eigenvalue weighted by Crippen LogP contribution is -2.28. The third-order valence-electron chi connectivity index (χ3n) is 5.83. The molecule has 190 valence electrons. The van der Waals surface area contributed by atoms with E-state index in [1.807, 2.05) is 0 Å². The lowest BCUT2D eigenvalue weighted by Gasteiger charge is -2.15. The third-order valence-corrected chi connectivity index (χ3v) is 5.83. The van der Waals surface area contributed by atoms with Crippen molar-refractivity contribution >= 4 is 11.9 Å². The summed E-state index contributed by atoms with van der Waals surface area (Å²) in [7, 11) is 0. The van der Waals surface area contributed by atoms with Crippen molar-refractivity contribution in [2.75, 3.05) is 13.2 Å². The summed E-state index contributed by atoms with van der Waals surface area (Å²) in [5.74, 6) is 0.181. The van der Waals surface area contributed by atoms with Crippen LogP contribution in [0, 0.1) is 5.92 Å². The molecule has 0 unspecified atom stereocenters. The average Bonchev–Trinajstić information content (AvgIpc) is 2.77. The summed E-state index contributed by atoms with van der Waals surface area (Å²) in [6.45, 7) is 6.35. The van der Waals surface area contributed by atoms with E-state index < -0.39 is 6.10 Å². The molecule has 1 atom stereocenters. The molecule has 0 aliphatic carbocycles. The molecule has 0 spiro atoms. The summed E-state index contributed by atoms with van der Waals surface area (Å²) in [4.78, 5) is 23.8. The fraction of sp³-hybridized carbons (Fsp3) is 0.926. The van der Waals surface area contributed by atoms with Crippen LogP contribution in [0.25, 0.3) is 0 Å². The van der Waals surface area contributed by atoms with Gasteiger partial charge < -0.3 is 14.6 Å². The Morgan fingerprint density at radius 1 is 0.688 bits per heavy atom. The van der Waals surface area contributed by atoms with Crippen molar-refractivity contribution in [1.29, 1.82) is 0 Å². The van der Waals surface area contributed by atoms with Gasteiger partial charge in [0.25, 0.3) is 0 Å². The van der Waals surface area contributed by atoms with Crippen LogP contribution >= 0.6 is 0 Å². The van der Waals surface area contributed by atoms with E-state index in [-0.39, 0.29) is 25.2 Å². The van der Waals surface area contributed by atoms with Crippen molar-refractivity contribution in [2.45, 2.75) is 142 Å². The van der Waals surface area contributed by atoms with Gasteiger partial charge in [-0.2, -0.15) is 0 Å². The van der Waals surface area contributed by atoms with Crippen molar-refractivity contribution in [1.82, 2.24) is 0 Å². The number of ether oxygens (including phenoxy) is 2. The van der Waals surface area contributed by atoms with Gasteiger partial charge in [-0.1, -0.05) is 111 Å². The van der Waals surface area contributed by atoms with Crippen molar-refractivity contribution in [3.05, 3.63) is 0 Å². The van der Waals surface area contributed by atoms with Crippen molar-refractivity contribution in [3.8, 4) is 0 Å². The number of aliphatic hydroxyl groups excluding tert-OH is 1. The topological polar surface area (TPSA) is 72.8 Å². The molecule has 0 aromatic carbocycles. The second kappa shape index (κ2) is 23.1. The molecule has 0 fully saturated rings. The zero-order chi connectivity index (χ0) is 23.9. The number of unbranched alkanes of at least 4 members (excludes halogenated alkanes) is 13. The fourth-order valence-corrected chi connectivity index (χ4v) is 3.74. The van der Waals surface area contributed by atoms with Crippen LogP contribution in [-0.2, 0) is 19.1 Å². The molecule has 0 saturated heterocycles. The van der Waals surface area contributed by atoms with Crippen LogP contribution in [0.3, 0.4) is 0 Å². The van der Waals surface area contributed by atoms with E-state index in [0.29, 0.717) is 12.8 Å². The van der Waals surface area contributed by atoms with Gasteiger partial charge in [0.05, 0.1) is 6.61 Å². The predicted octanol–water partition coefficient (Wildman–Crippen LogP) is 7.13. The molecular formula is C27H52O5. The van der Waals surface area contributed by atoms with E-state index in [1.165, 1.54) is 64.2 Å². The summed E-state index contributed by atoms with van der Waals surface area (Å²) in [5, 5.41) is 9.40. The maximum absolute atomic E-state index is 11.9. The Balaban J connectivity index is 3.63. The monoisotopic (exact) mass is 456 g/mol. The van der Waals surface area contributed by atoms with Gasteiger partial charge in [-0.3, -0.25) is 9.59 Å². The first-order valence-corrected chi connectivity index (χ1v) is 13.5. The number of carbonyl (C=O) groups is 2. The quantitative estimate of drug-likeness (QED) is 0.131. The van der Waals surface area contributed by atoms with Crippen molar-refractivity contribution in [3.63, 3.8) is 0 Å². The minimum absolute atomic E-state index is 0.0615. The lowest BCUT2D eigenvalue weighted by atomic mass is 10.0. The van der Waals surface area contributed by atoms with Gasteiger partial charge in [-0.05, 0) is 18.8 Å². The zero-order valence-electron chi connectivity index (χ0n) is 21.4. The largest absolute Gasteiger partial charge is 0.462 e. The number of hydrogen-bond acceptors (Lipinski definition) is 5. The summed E-state index contributed by atoms with van der Waals surface area (Å²) >= 11 is 0. The Labute approximate surface area is 198 Å². The maximum Gasteiger partial charge on any atom is 0.306 e. The molecule has 0 aliphatic rings. The highest BCUT2D eigenvalue weighted by molar-refractivity contribution is 5.70. The van der Waals surface area contributed by atoms with Crippen LogP contribution in [0.15, 0.2) is 0 Å². The van der Waals surface area contributed by atoms with Gasteiger partial charge in [0, 0.05) is 12.8 Å². The number of rotatable bonds is 23. The molecule has 5 nitrogen and oxygen atoms in total. The molecule has 0 rings (SSSR count). The summed E-state index contributed by atoms with van der Waals surface area (Å²) in [6, 6.07) is 0. The van der Waals surface area contributed by atoms with Gasteiger partial charge in [-0.15, -0.1) is 0 Å². The Bertz CT molecular complexity index is 436. The number of carbonyl (C=O) groups excluding carboxylic acids is 2. The molecule has 32 heavy (non-hydrogen) atoms. The molecule has 0 aromatic rings. The maximum atomic E-state index is 11.9. The second-order valence-electron chi connectivity index (χ2n) is 9.61. The Kier molecular flexibility index (Phi) is 22.3. The van der Waals surface area contributed by atoms with Crippen molar-refractivity contribution < 1.29 is 24.2 Å². The van der Waals surface area contributed by atoms with Crippen LogP contribution in [-0.4, -0.2) is 36.4 Å². The lowest BCUT2D eigenvalue weighted by molar-refractivity contribution is -0.161. The van der Waals surface area contributed by atoms with Crippen LogP contribution in [0.1, 0.15) is 136 Å². The normalized spacial score (nSPS) is 12.2. The van der Waals surface area contributed by atoms with E-state index in [9.17, 15) is 14.7 Å². The third kappa shape index (κ3) is 22.1. The first kappa shape index (κ1) is 30.9. The van der Waals surface area contributed by atoms with Gasteiger partial charge in [0.2, 0.25) is 0 Å². The molecular weight excluding hydrogens is 404 g/mol. The molecule has 0 amide bonds. The molecule has 5 heteroatoms. The molecule has 1 N–H and O–H groups in total. The highest BCUT2D eigenvalue weighted by Gasteiger charge is 2.16. The first-order chi connectivity index (χ1) is 15.5. The van der Waals surface area contributed by atoms with Crippen LogP contribution in [0.2, 0.25) is 0 Å². The van der Waals surface area contributed by atoms with E-state index >= 15 is 0 Å². The number of hydrogen-bond donors (Lipinski definition) is 1. The molecule has 0 heterocycles. The average molecular weight is 457 g/mol. The van der Waals surface area contributed by atoms with Gasteiger partial charge >= 0.3 is 11.9 Å². The minimum atomic E-state index is -0.758. The first-order valence-electron chi connectivity index (χ1n) is 13.5. The standard InChI is InChI=1S/C27H52O5/c1-4-5-6-7-8-9-10-15-18-21-27(30)32-25(22-28)23-31-26(29)20-17-14-12-11-13-16-19-24(2)3/h24-25,28H,4-23H2,1-3H3/t25-/m0/s1. The van der Waals surface area contributed by atoms with Gasteiger partial charge in [0.1, 0.15) is 6.61 Å². The molecule has 0 aromatic heterocycles. The van der Waals surface area contributed by atoms with Gasteiger partial charge in [-0.25, -0.2) is 0 Å². The highest BCUT2D eigenvalue weighted by atomic mass is 16.6. The number of aliphatic hydroxyl groups is 1. The zero-order valence-corrected chi connectivity index (χ0v) is 21.4. The summed E-state index contributed by atoms with van der Waals surface area (Å²) in [6.07, 6.45) is 18.8. The van der Waals surface area contributed by atoms with E-state index in [4.69, 9.17) is 9.47 Å². The van der Waals surface area contributed by atoms with Crippen LogP contribution in [0.4, 0.5) is 0 Å². The van der Waals surface area contributed by atoms with E-state index in [0.717, 1.165) is 44.4 Å². The highest BCUT2D eigenvalue weighted by Crippen LogP contribution is 2.13. The van der Waals surface area contributed by atoms with E-state index in [1.54, 1.807) is 0 Å². The number of esters is 2. The van der Waals surface area contributed by atoms with Crippen LogP contribution in [0.5, 0.6) is 0 Å². The predicted molar refractivity (Wildman–Crippen MR) is 132 cm³/mol. The molecule has 0 saturated carbocycles. The Morgan fingerprint density at radius 3 is 1.66 bits per heavy atom. The minimum Gasteiger partial charge on any atom is -0.462 e. The van der Waals surface area contributed by atoms with E-state index in [2.05, 4.69) is 20.8 Å². The second-order valence-corrected chi connectivity index (χ2v) is 9.61. The molecule has 0 aliphatic heterocycles. The Morgan fingerprint density at radius 2 is 1.16 bits per heavy atom. The summed E-state index contributed by atoms with van der Waals surface area (Å²) in [5.41, 5.74) is 0. The Hall–Kier alpha value is -1.10. The fourth-order valence-electron chi connectivity index (χ4n) is 3.74. The summed E-state index contributed by atoms with van der Waals surface area (Å²) < 4.78 is 10.4. The molecule has 0 radical (unpaired) electrons. The SMILES string of the molecule is CCCCCCCCCCCC(=O)O[C@@H](CO)COC(=O)CCCCCCCCC(C)C. The smallest absolute Gasteiger partial charge is 0.306 e. The molecule has 0 bridgehead atoms. The van der Waals surface area contributed by atoms with Gasteiger partial charge in [0.15, 0.2) is 6.10 Å².